The summed E-state index contributed by atoms with van der Waals surface area (Å²) in [5.74, 6) is 0. The van der Waals surface area contributed by atoms with Crippen LogP contribution in [0.2, 0.25) is 0 Å². The van der Waals surface area contributed by atoms with Gasteiger partial charge in [-0.25, -0.2) is 0 Å². The molecule has 0 aromatic heterocycles. The number of hydrogen-bond acceptors (Lipinski definition) is 15. The highest BCUT2D eigenvalue weighted by molar-refractivity contribution is 4.96. The Bertz CT molecular complexity index is 624. The van der Waals surface area contributed by atoms with Crippen LogP contribution >= 0.6 is 0 Å². The van der Waals surface area contributed by atoms with E-state index in [0.717, 1.165) is 0 Å². The van der Waals surface area contributed by atoms with Gasteiger partial charge in [-0.3, -0.25) is 0 Å². The maximum absolute atomic E-state index is 10.5. The summed E-state index contributed by atoms with van der Waals surface area (Å²) in [6, 6.07) is 0. The lowest BCUT2D eigenvalue weighted by Gasteiger charge is -2.48. The fourth-order valence-electron chi connectivity index (χ4n) is 3.99. The summed E-state index contributed by atoms with van der Waals surface area (Å²) < 4.78 is 26.9. The van der Waals surface area contributed by atoms with Crippen molar-refractivity contribution in [2.24, 2.45) is 0 Å². The predicted octanol–water partition coefficient (Wildman–Crippen LogP) is -6.55. The first-order chi connectivity index (χ1) is 15.5. The van der Waals surface area contributed by atoms with Crippen LogP contribution in [0.3, 0.4) is 0 Å². The molecule has 0 aliphatic carbocycles. The molecule has 3 saturated heterocycles. The molecule has 3 aliphatic heterocycles. The minimum absolute atomic E-state index is 0.739. The molecule has 33 heavy (non-hydrogen) atoms. The van der Waals surface area contributed by atoms with Gasteiger partial charge in [0.05, 0.1) is 19.3 Å². The second-order valence-electron chi connectivity index (χ2n) is 8.32. The van der Waals surface area contributed by atoms with Gasteiger partial charge in [-0.2, -0.15) is 0 Å². The quantitative estimate of drug-likeness (QED) is 0.167. The Hall–Kier alpha value is -0.600. The van der Waals surface area contributed by atoms with Crippen molar-refractivity contribution in [3.05, 3.63) is 0 Å². The lowest BCUT2D eigenvalue weighted by molar-refractivity contribution is -0.382. The highest BCUT2D eigenvalue weighted by Gasteiger charge is 2.53. The second kappa shape index (κ2) is 11.0. The number of ether oxygens (including phenoxy) is 5. The van der Waals surface area contributed by atoms with Gasteiger partial charge in [0.15, 0.2) is 18.9 Å². The lowest BCUT2D eigenvalue weighted by atomic mass is 9.96. The van der Waals surface area contributed by atoms with Crippen LogP contribution in [0.4, 0.5) is 0 Å². The maximum Gasteiger partial charge on any atom is 0.187 e. The summed E-state index contributed by atoms with van der Waals surface area (Å²) in [6.45, 7) is -0.127. The van der Waals surface area contributed by atoms with Gasteiger partial charge < -0.3 is 74.7 Å². The molecule has 15 nitrogen and oxygen atoms in total. The molecule has 0 unspecified atom stereocenters. The summed E-state index contributed by atoms with van der Waals surface area (Å²) in [7, 11) is 0. The Kier molecular flexibility index (Phi) is 8.99. The Labute approximate surface area is 187 Å². The van der Waals surface area contributed by atoms with Crippen molar-refractivity contribution < 1.29 is 74.7 Å². The van der Waals surface area contributed by atoms with Crippen molar-refractivity contribution in [1.29, 1.82) is 0 Å². The third-order valence-electron chi connectivity index (χ3n) is 6.05. The van der Waals surface area contributed by atoms with E-state index in [-0.39, 0.29) is 0 Å². The molecule has 3 aliphatic rings. The molecule has 3 fully saturated rings. The molecular weight excluding hydrogens is 456 g/mol. The normalized spacial score (nSPS) is 53.7. The Morgan fingerprint density at radius 2 is 1.06 bits per heavy atom. The van der Waals surface area contributed by atoms with Crippen LogP contribution in [0.1, 0.15) is 6.92 Å². The number of hydrogen-bond donors (Lipinski definition) is 10. The van der Waals surface area contributed by atoms with Crippen molar-refractivity contribution in [2.75, 3.05) is 13.2 Å². The molecule has 3 heterocycles. The fourth-order valence-corrected chi connectivity index (χ4v) is 3.99. The lowest BCUT2D eigenvalue weighted by Crippen LogP contribution is -2.66. The average molecular weight is 488 g/mol. The summed E-state index contributed by atoms with van der Waals surface area (Å²) in [5.41, 5.74) is 0. The molecule has 0 amide bonds. The van der Waals surface area contributed by atoms with Crippen LogP contribution in [-0.4, -0.2) is 156 Å². The van der Waals surface area contributed by atoms with Crippen LogP contribution in [0.5, 0.6) is 0 Å². The smallest absolute Gasteiger partial charge is 0.187 e. The van der Waals surface area contributed by atoms with Gasteiger partial charge in [0.25, 0.3) is 0 Å². The Balaban J connectivity index is 1.83. The summed E-state index contributed by atoms with van der Waals surface area (Å²) in [5, 5.41) is 99.8. The van der Waals surface area contributed by atoms with Gasteiger partial charge in [-0.05, 0) is 6.92 Å². The molecule has 0 aromatic rings. The number of aliphatic hydroxyl groups excluding tert-OH is 10. The summed E-state index contributed by atoms with van der Waals surface area (Å²) in [6.07, 6.45) is -24.0. The van der Waals surface area contributed by atoms with Gasteiger partial charge in [-0.15, -0.1) is 0 Å². The van der Waals surface area contributed by atoms with Crippen LogP contribution < -0.4 is 0 Å². The third kappa shape index (κ3) is 5.32. The average Bonchev–Trinajstić information content (AvgIpc) is 2.80. The second-order valence-corrected chi connectivity index (χ2v) is 8.32. The Morgan fingerprint density at radius 3 is 1.64 bits per heavy atom. The summed E-state index contributed by atoms with van der Waals surface area (Å²) >= 11 is 0. The summed E-state index contributed by atoms with van der Waals surface area (Å²) in [4.78, 5) is 0. The van der Waals surface area contributed by atoms with Crippen molar-refractivity contribution >= 4 is 0 Å². The van der Waals surface area contributed by atoms with E-state index < -0.39 is 105 Å². The standard InChI is InChI=1S/C18H32O15/c1-4-7(21)9(23)11(25)17(29-4)33-15-13(27)16(28)30-6(3-20)14(15)32-18-12(26)10(24)8(22)5(2-19)31-18/h4-28H,2-3H2,1H3/t4-,5+,6+,7-,8+,9+,10-,11+,12+,13+,14-,15+,16-,17-,18+/m0/s1. The van der Waals surface area contributed by atoms with Gasteiger partial charge in [-0.1, -0.05) is 0 Å². The van der Waals surface area contributed by atoms with Crippen LogP contribution in [0.25, 0.3) is 0 Å². The van der Waals surface area contributed by atoms with Gasteiger partial charge in [0.1, 0.15) is 67.1 Å². The molecular formula is C18H32O15. The van der Waals surface area contributed by atoms with E-state index in [1.807, 2.05) is 0 Å². The molecule has 194 valence electrons. The largest absolute Gasteiger partial charge is 0.394 e. The monoisotopic (exact) mass is 488 g/mol. The van der Waals surface area contributed by atoms with Crippen molar-refractivity contribution in [3.63, 3.8) is 0 Å². The zero-order valence-electron chi connectivity index (χ0n) is 17.6. The fraction of sp³-hybridized carbons (Fsp3) is 1.00. The molecule has 10 N–H and O–H groups in total. The van der Waals surface area contributed by atoms with E-state index in [1.165, 1.54) is 6.92 Å². The van der Waals surface area contributed by atoms with E-state index in [0.29, 0.717) is 0 Å². The van der Waals surface area contributed by atoms with E-state index in [1.54, 1.807) is 0 Å². The van der Waals surface area contributed by atoms with Crippen LogP contribution in [0, 0.1) is 0 Å². The van der Waals surface area contributed by atoms with Crippen LogP contribution in [0.15, 0.2) is 0 Å². The van der Waals surface area contributed by atoms with Gasteiger partial charge in [0, 0.05) is 0 Å². The molecule has 0 saturated carbocycles. The van der Waals surface area contributed by atoms with Crippen molar-refractivity contribution in [3.8, 4) is 0 Å². The zero-order valence-corrected chi connectivity index (χ0v) is 17.6. The number of aliphatic hydroxyl groups is 10. The highest BCUT2D eigenvalue weighted by Crippen LogP contribution is 2.32. The first-order valence-electron chi connectivity index (χ1n) is 10.4. The van der Waals surface area contributed by atoms with Gasteiger partial charge >= 0.3 is 0 Å². The Morgan fingerprint density at radius 1 is 0.545 bits per heavy atom. The third-order valence-corrected chi connectivity index (χ3v) is 6.05. The molecule has 0 aromatic carbocycles. The minimum Gasteiger partial charge on any atom is -0.394 e. The predicted molar refractivity (Wildman–Crippen MR) is 99.8 cm³/mol. The first kappa shape index (κ1) is 27.0. The minimum atomic E-state index is -1.88. The molecule has 15 heteroatoms. The van der Waals surface area contributed by atoms with E-state index in [9.17, 15) is 51.1 Å². The maximum atomic E-state index is 10.5. The van der Waals surface area contributed by atoms with E-state index in [4.69, 9.17) is 23.7 Å². The molecule has 0 radical (unpaired) electrons. The van der Waals surface area contributed by atoms with Crippen molar-refractivity contribution in [1.82, 2.24) is 0 Å². The first-order valence-corrected chi connectivity index (χ1v) is 10.4. The van der Waals surface area contributed by atoms with E-state index in [2.05, 4.69) is 0 Å². The topological polar surface area (TPSA) is 248 Å². The number of rotatable bonds is 6. The van der Waals surface area contributed by atoms with Crippen molar-refractivity contribution in [2.45, 2.75) is 99.0 Å². The molecule has 15 atom stereocenters. The molecule has 0 spiro atoms. The molecule has 3 rings (SSSR count). The highest BCUT2D eigenvalue weighted by atomic mass is 16.8. The van der Waals surface area contributed by atoms with Gasteiger partial charge in [0.2, 0.25) is 0 Å². The SMILES string of the molecule is C[C@@H]1O[C@@H](O[C@@H]2[C@@H](O)[C@@H](O)O[C@H](CO)[C@@H]2O[C@H]2O[C@H](CO)[C@@H](O)[C@H](O)[C@H]2O)[C@H](O)[C@H](O)[C@H]1O. The van der Waals surface area contributed by atoms with E-state index >= 15 is 0 Å². The molecule has 0 bridgehead atoms. The van der Waals surface area contributed by atoms with Crippen LogP contribution in [-0.2, 0) is 23.7 Å². The zero-order chi connectivity index (χ0) is 24.6.